The minimum atomic E-state index is -0.0799. The molecule has 0 bridgehead atoms. The number of fused-ring (bicyclic) bond motifs is 1. The van der Waals surface area contributed by atoms with Crippen molar-refractivity contribution in [2.75, 3.05) is 19.6 Å². The van der Waals surface area contributed by atoms with Gasteiger partial charge in [0, 0.05) is 31.6 Å². The van der Waals surface area contributed by atoms with Crippen molar-refractivity contribution < 1.29 is 9.59 Å². The predicted octanol–water partition coefficient (Wildman–Crippen LogP) is 3.88. The number of aromatic nitrogens is 2. The fraction of sp³-hybridized carbons (Fsp3) is 0.423. The molecule has 0 atom stereocenters. The Morgan fingerprint density at radius 3 is 2.59 bits per heavy atom. The number of likely N-dealkylation sites (tertiary alicyclic amines) is 1. The number of carbonyl (C=O) groups excluding carboxylic acids is 2. The molecule has 2 aromatic carbocycles. The first-order valence-corrected chi connectivity index (χ1v) is 11.5. The highest BCUT2D eigenvalue weighted by atomic mass is 16.2. The fourth-order valence-corrected chi connectivity index (χ4v) is 4.44. The Balaban J connectivity index is 1.46. The van der Waals surface area contributed by atoms with Crippen molar-refractivity contribution in [3.8, 4) is 0 Å². The van der Waals surface area contributed by atoms with Crippen molar-refractivity contribution in [3.63, 3.8) is 0 Å². The Labute approximate surface area is 189 Å². The molecule has 1 aromatic heterocycles. The molecule has 4 rings (SSSR count). The minimum absolute atomic E-state index is 0.0799. The molecule has 1 aliphatic heterocycles. The van der Waals surface area contributed by atoms with Crippen LogP contribution >= 0.6 is 0 Å². The van der Waals surface area contributed by atoms with Crippen LogP contribution in [0.4, 0.5) is 0 Å². The third kappa shape index (κ3) is 4.85. The van der Waals surface area contributed by atoms with E-state index in [0.29, 0.717) is 24.4 Å². The summed E-state index contributed by atoms with van der Waals surface area (Å²) in [6, 6.07) is 13.7. The highest BCUT2D eigenvalue weighted by Crippen LogP contribution is 2.20. The first-order chi connectivity index (χ1) is 15.4. The van der Waals surface area contributed by atoms with Gasteiger partial charge in [0.15, 0.2) is 0 Å². The van der Waals surface area contributed by atoms with Crippen molar-refractivity contribution in [2.45, 2.75) is 46.6 Å². The number of aryl methyl sites for hydroxylation is 2. The van der Waals surface area contributed by atoms with Crippen LogP contribution in [-0.2, 0) is 17.8 Å². The van der Waals surface area contributed by atoms with E-state index in [1.165, 1.54) is 0 Å². The minimum Gasteiger partial charge on any atom is -0.352 e. The summed E-state index contributed by atoms with van der Waals surface area (Å²) in [6.07, 6.45) is 2.69. The lowest BCUT2D eigenvalue weighted by Gasteiger charge is -2.30. The predicted molar refractivity (Wildman–Crippen MR) is 127 cm³/mol. The summed E-state index contributed by atoms with van der Waals surface area (Å²) < 4.78 is 2.01. The van der Waals surface area contributed by atoms with Crippen molar-refractivity contribution in [1.29, 1.82) is 0 Å². The summed E-state index contributed by atoms with van der Waals surface area (Å²) in [4.78, 5) is 32.4. The third-order valence-electron chi connectivity index (χ3n) is 6.42. The number of nitrogens with zero attached hydrogens (tertiary/aromatic N) is 3. The number of benzene rings is 2. The molecule has 0 saturated carbocycles. The second-order valence-electron chi connectivity index (χ2n) is 8.99. The third-order valence-corrected chi connectivity index (χ3v) is 6.42. The van der Waals surface area contributed by atoms with Gasteiger partial charge in [0.25, 0.3) is 5.91 Å². The van der Waals surface area contributed by atoms with Gasteiger partial charge in [0.1, 0.15) is 12.4 Å². The van der Waals surface area contributed by atoms with Crippen molar-refractivity contribution >= 4 is 22.8 Å². The maximum absolute atomic E-state index is 13.0. The molecule has 32 heavy (non-hydrogen) atoms. The van der Waals surface area contributed by atoms with E-state index in [9.17, 15) is 9.59 Å². The van der Waals surface area contributed by atoms with Gasteiger partial charge in [0.05, 0.1) is 11.0 Å². The Morgan fingerprint density at radius 2 is 1.84 bits per heavy atom. The van der Waals surface area contributed by atoms with Gasteiger partial charge in [0.2, 0.25) is 5.91 Å². The summed E-state index contributed by atoms with van der Waals surface area (Å²) in [5.41, 5.74) is 4.64. The van der Waals surface area contributed by atoms with E-state index in [4.69, 9.17) is 4.98 Å². The highest BCUT2D eigenvalue weighted by Gasteiger charge is 2.22. The summed E-state index contributed by atoms with van der Waals surface area (Å²) in [6.45, 7) is 8.62. The maximum Gasteiger partial charge on any atom is 0.251 e. The Morgan fingerprint density at radius 1 is 1.09 bits per heavy atom. The number of amides is 2. The summed E-state index contributed by atoms with van der Waals surface area (Å²) >= 11 is 0. The quantitative estimate of drug-likeness (QED) is 0.643. The van der Waals surface area contributed by atoms with E-state index in [-0.39, 0.29) is 18.4 Å². The van der Waals surface area contributed by atoms with Crippen LogP contribution < -0.4 is 5.32 Å². The van der Waals surface area contributed by atoms with Gasteiger partial charge in [-0.3, -0.25) is 9.59 Å². The van der Waals surface area contributed by atoms with Gasteiger partial charge in [-0.05, 0) is 56.4 Å². The lowest BCUT2D eigenvalue weighted by atomic mass is 9.99. The molecule has 3 aromatic rings. The van der Waals surface area contributed by atoms with Crippen LogP contribution in [0.15, 0.2) is 42.5 Å². The van der Waals surface area contributed by atoms with Crippen LogP contribution in [0.1, 0.15) is 47.1 Å². The Hall–Kier alpha value is -3.15. The Kier molecular flexibility index (Phi) is 6.58. The number of nitrogens with one attached hydrogen (secondary N) is 1. The first-order valence-electron chi connectivity index (χ1n) is 11.5. The molecular formula is C26H32N4O2. The van der Waals surface area contributed by atoms with Crippen molar-refractivity contribution in [3.05, 3.63) is 65.0 Å². The van der Waals surface area contributed by atoms with Crippen LogP contribution in [0.5, 0.6) is 0 Å². The molecule has 0 aliphatic carbocycles. The average Bonchev–Trinajstić information content (AvgIpc) is 3.11. The summed E-state index contributed by atoms with van der Waals surface area (Å²) in [5.74, 6) is 1.57. The number of carbonyl (C=O) groups is 2. The lowest BCUT2D eigenvalue weighted by Crippen LogP contribution is -2.40. The van der Waals surface area contributed by atoms with E-state index < -0.39 is 0 Å². The molecule has 6 nitrogen and oxygen atoms in total. The van der Waals surface area contributed by atoms with Crippen LogP contribution in [0, 0.1) is 19.8 Å². The molecular weight excluding hydrogens is 400 g/mol. The highest BCUT2D eigenvalue weighted by molar-refractivity contribution is 5.95. The topological polar surface area (TPSA) is 67.2 Å². The van der Waals surface area contributed by atoms with Crippen LogP contribution in [-0.4, -0.2) is 45.9 Å². The molecule has 1 N–H and O–H groups in total. The monoisotopic (exact) mass is 432 g/mol. The van der Waals surface area contributed by atoms with Gasteiger partial charge in [-0.1, -0.05) is 36.8 Å². The molecule has 2 amide bonds. The maximum atomic E-state index is 13.0. The molecule has 0 radical (unpaired) electrons. The van der Waals surface area contributed by atoms with Crippen LogP contribution in [0.25, 0.3) is 11.0 Å². The van der Waals surface area contributed by atoms with Gasteiger partial charge in [-0.15, -0.1) is 0 Å². The zero-order valence-electron chi connectivity index (χ0n) is 19.2. The number of imidazole rings is 1. The molecule has 0 spiro atoms. The van der Waals surface area contributed by atoms with Crippen molar-refractivity contribution in [1.82, 2.24) is 19.8 Å². The lowest BCUT2D eigenvalue weighted by molar-refractivity contribution is -0.133. The number of rotatable bonds is 6. The van der Waals surface area contributed by atoms with Gasteiger partial charge >= 0.3 is 0 Å². The van der Waals surface area contributed by atoms with Crippen LogP contribution in [0.3, 0.4) is 0 Å². The van der Waals surface area contributed by atoms with E-state index in [0.717, 1.165) is 53.9 Å². The number of hydrogen-bond acceptors (Lipinski definition) is 3. The van der Waals surface area contributed by atoms with Gasteiger partial charge in [-0.2, -0.15) is 0 Å². The SMILES string of the molecule is Cc1ccc(C(=O)NCCc2nc3ccccc3n2CC(=O)N2CCC(C)CC2)c(C)c1. The standard InChI is InChI=1S/C26H32N4O2/c1-18-11-14-29(15-12-18)25(31)17-30-23-7-5-4-6-22(23)28-24(30)10-13-27-26(32)21-9-8-19(2)16-20(21)3/h4-9,16,18H,10-15,17H2,1-3H3,(H,27,32). The zero-order valence-corrected chi connectivity index (χ0v) is 19.2. The molecule has 0 unspecified atom stereocenters. The smallest absolute Gasteiger partial charge is 0.251 e. The van der Waals surface area contributed by atoms with Crippen LogP contribution in [0.2, 0.25) is 0 Å². The number of para-hydroxylation sites is 2. The molecule has 1 aliphatic rings. The van der Waals surface area contributed by atoms with Gasteiger partial charge < -0.3 is 14.8 Å². The van der Waals surface area contributed by atoms with E-state index in [2.05, 4.69) is 12.2 Å². The summed E-state index contributed by atoms with van der Waals surface area (Å²) in [7, 11) is 0. The van der Waals surface area contributed by atoms with E-state index in [1.807, 2.05) is 65.8 Å². The first kappa shape index (κ1) is 22.1. The zero-order chi connectivity index (χ0) is 22.7. The Bertz CT molecular complexity index is 1130. The second kappa shape index (κ2) is 9.55. The molecule has 1 fully saturated rings. The van der Waals surface area contributed by atoms with E-state index >= 15 is 0 Å². The normalized spacial score (nSPS) is 14.7. The van der Waals surface area contributed by atoms with Gasteiger partial charge in [-0.25, -0.2) is 4.98 Å². The number of piperidine rings is 1. The van der Waals surface area contributed by atoms with Crippen molar-refractivity contribution in [2.24, 2.45) is 5.92 Å². The largest absolute Gasteiger partial charge is 0.352 e. The molecule has 1 saturated heterocycles. The molecule has 2 heterocycles. The fourth-order valence-electron chi connectivity index (χ4n) is 4.44. The molecule has 6 heteroatoms. The molecule has 168 valence electrons. The van der Waals surface area contributed by atoms with E-state index in [1.54, 1.807) is 0 Å². The second-order valence-corrected chi connectivity index (χ2v) is 8.99. The summed E-state index contributed by atoms with van der Waals surface area (Å²) in [5, 5.41) is 3.01. The average molecular weight is 433 g/mol. The number of hydrogen-bond donors (Lipinski definition) is 1.